The second-order valence-electron chi connectivity index (χ2n) is 2.12. The normalized spacial score (nSPS) is 13.4. The van der Waals surface area contributed by atoms with Crippen molar-refractivity contribution in [3.8, 4) is 0 Å². The van der Waals surface area contributed by atoms with Gasteiger partial charge in [0.05, 0.1) is 5.67 Å². The maximum Gasteiger partial charge on any atom is 0.234 e. The van der Waals surface area contributed by atoms with Gasteiger partial charge in [-0.15, -0.1) is 0 Å². The molecule has 0 aromatic rings. The van der Waals surface area contributed by atoms with Crippen LogP contribution in [-0.2, 0) is 9.22 Å². The minimum absolute atomic E-state index is 0.146. The van der Waals surface area contributed by atoms with Crippen LogP contribution in [0.2, 0.25) is 0 Å². The number of aliphatic imine (C=N–C) groups is 1. The lowest BCUT2D eigenvalue weighted by Crippen LogP contribution is -2.15. The van der Waals surface area contributed by atoms with E-state index in [-0.39, 0.29) is 5.67 Å². The van der Waals surface area contributed by atoms with E-state index in [1.165, 1.54) is 0 Å². The van der Waals surface area contributed by atoms with Crippen molar-refractivity contribution >= 4 is 15.8 Å². The molecule has 1 atom stereocenters. The van der Waals surface area contributed by atoms with Crippen LogP contribution in [-0.4, -0.2) is 28.6 Å². The van der Waals surface area contributed by atoms with Gasteiger partial charge >= 0.3 is 0 Å². The summed E-state index contributed by atoms with van der Waals surface area (Å²) in [6, 6.07) is 0. The molecular weight excluding hydrogens is 146 g/mol. The second kappa shape index (κ2) is 6.67. The lowest BCUT2D eigenvalue weighted by molar-refractivity contribution is 0.427. The van der Waals surface area contributed by atoms with Crippen molar-refractivity contribution in [1.29, 1.82) is 0 Å². The highest BCUT2D eigenvalue weighted by Crippen LogP contribution is 1.98. The highest BCUT2D eigenvalue weighted by atomic mass is 28.2. The fraction of sp³-hybridized carbons (Fsp3) is 0.833. The molecule has 0 aliphatic carbocycles. The Morgan fingerprint density at radius 1 is 1.80 bits per heavy atom. The van der Waals surface area contributed by atoms with Crippen molar-refractivity contribution < 1.29 is 9.22 Å². The van der Waals surface area contributed by atoms with E-state index in [0.29, 0.717) is 0 Å². The Bertz CT molecular complexity index is 117. The minimum atomic E-state index is -0.615. The number of rotatable bonds is 5. The first kappa shape index (κ1) is 9.56. The van der Waals surface area contributed by atoms with E-state index in [1.54, 1.807) is 13.2 Å². The quantitative estimate of drug-likeness (QED) is 0.326. The van der Waals surface area contributed by atoms with Gasteiger partial charge in [-0.25, -0.2) is 9.79 Å². The summed E-state index contributed by atoms with van der Waals surface area (Å²) in [4.78, 5) is 13.5. The van der Waals surface area contributed by atoms with Crippen molar-refractivity contribution in [2.75, 3.05) is 7.11 Å². The predicted molar refractivity (Wildman–Crippen MR) is 42.4 cm³/mol. The number of hydrogen-bond acceptors (Lipinski definition) is 3. The smallest absolute Gasteiger partial charge is 0.234 e. The molecule has 0 aromatic carbocycles. The van der Waals surface area contributed by atoms with E-state index in [1.807, 2.05) is 0 Å². The fourth-order valence-corrected chi connectivity index (χ4v) is 1.89. The standard InChI is InChI=1S/C6H13NO2Si/c1-3-4-6(7-5-8)10-9-2/h6H,3-4,10H2,1-2H3. The van der Waals surface area contributed by atoms with Crippen molar-refractivity contribution in [3.63, 3.8) is 0 Å². The van der Waals surface area contributed by atoms with Crippen LogP contribution in [0.25, 0.3) is 0 Å². The predicted octanol–water partition coefficient (Wildman–Crippen LogP) is 0.179. The van der Waals surface area contributed by atoms with Crippen LogP contribution in [0.3, 0.4) is 0 Å². The first-order chi connectivity index (χ1) is 4.85. The van der Waals surface area contributed by atoms with Crippen LogP contribution in [0.15, 0.2) is 4.99 Å². The molecule has 0 rings (SSSR count). The molecule has 0 saturated carbocycles. The summed E-state index contributed by atoms with van der Waals surface area (Å²) in [6.07, 6.45) is 3.57. The van der Waals surface area contributed by atoms with E-state index in [2.05, 4.69) is 11.9 Å². The monoisotopic (exact) mass is 159 g/mol. The molecule has 0 heterocycles. The van der Waals surface area contributed by atoms with E-state index in [9.17, 15) is 4.79 Å². The molecule has 1 unspecified atom stereocenters. The average molecular weight is 159 g/mol. The summed E-state index contributed by atoms with van der Waals surface area (Å²) in [5, 5.41) is 0. The maximum atomic E-state index is 9.84. The summed E-state index contributed by atoms with van der Waals surface area (Å²) in [5.41, 5.74) is 0.146. The molecule has 0 amide bonds. The Morgan fingerprint density at radius 2 is 2.50 bits per heavy atom. The number of isocyanates is 1. The van der Waals surface area contributed by atoms with Gasteiger partial charge in [0.1, 0.15) is 0 Å². The molecule has 0 fully saturated rings. The summed E-state index contributed by atoms with van der Waals surface area (Å²) in [5.74, 6) is 0. The highest BCUT2D eigenvalue weighted by molar-refractivity contribution is 6.29. The third kappa shape index (κ3) is 4.44. The lowest BCUT2D eigenvalue weighted by Gasteiger charge is -2.04. The Labute approximate surface area is 63.4 Å². The van der Waals surface area contributed by atoms with Gasteiger partial charge < -0.3 is 4.43 Å². The van der Waals surface area contributed by atoms with Crippen LogP contribution in [0, 0.1) is 0 Å². The number of hydrogen-bond donors (Lipinski definition) is 0. The zero-order chi connectivity index (χ0) is 7.82. The molecule has 0 aliphatic heterocycles. The molecule has 0 spiro atoms. The fourth-order valence-electron chi connectivity index (χ4n) is 0.785. The van der Waals surface area contributed by atoms with Gasteiger partial charge in [-0.3, -0.25) is 0 Å². The Balaban J connectivity index is 3.60. The van der Waals surface area contributed by atoms with E-state index in [4.69, 9.17) is 4.43 Å². The number of nitrogens with zero attached hydrogens (tertiary/aromatic N) is 1. The van der Waals surface area contributed by atoms with E-state index >= 15 is 0 Å². The largest absolute Gasteiger partial charge is 0.425 e. The maximum absolute atomic E-state index is 9.84. The molecule has 0 radical (unpaired) electrons. The molecular formula is C6H13NO2Si. The van der Waals surface area contributed by atoms with Crippen molar-refractivity contribution in [1.82, 2.24) is 0 Å². The van der Waals surface area contributed by atoms with Crippen LogP contribution >= 0.6 is 0 Å². The van der Waals surface area contributed by atoms with Crippen molar-refractivity contribution in [2.24, 2.45) is 4.99 Å². The average Bonchev–Trinajstić information content (AvgIpc) is 1.90. The molecule has 10 heavy (non-hydrogen) atoms. The molecule has 3 nitrogen and oxygen atoms in total. The SMILES string of the molecule is CCCC(N=C=O)[SiH2]OC. The van der Waals surface area contributed by atoms with E-state index < -0.39 is 9.76 Å². The minimum Gasteiger partial charge on any atom is -0.425 e. The summed E-state index contributed by atoms with van der Waals surface area (Å²) >= 11 is 0. The van der Waals surface area contributed by atoms with E-state index in [0.717, 1.165) is 12.8 Å². The topological polar surface area (TPSA) is 38.7 Å². The molecule has 0 aliphatic rings. The van der Waals surface area contributed by atoms with Gasteiger partial charge in [-0.1, -0.05) is 13.3 Å². The van der Waals surface area contributed by atoms with Crippen LogP contribution < -0.4 is 0 Å². The second-order valence-corrected chi connectivity index (χ2v) is 3.97. The zero-order valence-corrected chi connectivity index (χ0v) is 7.88. The van der Waals surface area contributed by atoms with Gasteiger partial charge in [0.15, 0.2) is 9.76 Å². The highest BCUT2D eigenvalue weighted by Gasteiger charge is 2.04. The molecule has 0 aromatic heterocycles. The zero-order valence-electron chi connectivity index (χ0n) is 6.46. The van der Waals surface area contributed by atoms with Crippen LogP contribution in [0.1, 0.15) is 19.8 Å². The van der Waals surface area contributed by atoms with Crippen molar-refractivity contribution in [3.05, 3.63) is 0 Å². The summed E-state index contributed by atoms with van der Waals surface area (Å²) in [6.45, 7) is 2.07. The molecule has 0 bridgehead atoms. The van der Waals surface area contributed by atoms with Crippen molar-refractivity contribution in [2.45, 2.75) is 25.4 Å². The first-order valence-electron chi connectivity index (χ1n) is 3.41. The van der Waals surface area contributed by atoms with Gasteiger partial charge in [-0.05, 0) is 6.42 Å². The van der Waals surface area contributed by atoms with Gasteiger partial charge in [-0.2, -0.15) is 0 Å². The van der Waals surface area contributed by atoms with Crippen LogP contribution in [0.5, 0.6) is 0 Å². The van der Waals surface area contributed by atoms with Crippen LogP contribution in [0.4, 0.5) is 0 Å². The Hall–Kier alpha value is -0.443. The Kier molecular flexibility index (Phi) is 6.38. The summed E-state index contributed by atoms with van der Waals surface area (Å²) < 4.78 is 4.98. The van der Waals surface area contributed by atoms with Gasteiger partial charge in [0.25, 0.3) is 0 Å². The number of carbonyl (C=O) groups excluding carboxylic acids is 1. The lowest BCUT2D eigenvalue weighted by atomic mass is 10.3. The molecule has 0 N–H and O–H groups in total. The first-order valence-corrected chi connectivity index (χ1v) is 4.80. The third-order valence-corrected chi connectivity index (χ3v) is 2.53. The molecule has 58 valence electrons. The third-order valence-electron chi connectivity index (χ3n) is 1.22. The Morgan fingerprint density at radius 3 is 2.90 bits per heavy atom. The van der Waals surface area contributed by atoms with Gasteiger partial charge in [0, 0.05) is 7.11 Å². The molecule has 4 heteroatoms. The molecule has 0 saturated heterocycles. The summed E-state index contributed by atoms with van der Waals surface area (Å²) in [7, 11) is 1.05. The van der Waals surface area contributed by atoms with Gasteiger partial charge in [0.2, 0.25) is 6.08 Å².